The van der Waals surface area contributed by atoms with Gasteiger partial charge >= 0.3 is 0 Å². The van der Waals surface area contributed by atoms with Crippen molar-refractivity contribution in [3.05, 3.63) is 35.4 Å². The number of halogens is 1. The molecule has 1 aromatic carbocycles. The number of aliphatic imine (C=N–C) groups is 1. The summed E-state index contributed by atoms with van der Waals surface area (Å²) in [5, 5.41) is 6.72. The van der Waals surface area contributed by atoms with Gasteiger partial charge in [0.1, 0.15) is 0 Å². The van der Waals surface area contributed by atoms with Crippen LogP contribution in [0.4, 0.5) is 0 Å². The van der Waals surface area contributed by atoms with Crippen LogP contribution in [-0.4, -0.2) is 74.3 Å². The van der Waals surface area contributed by atoms with E-state index in [0.717, 1.165) is 38.7 Å². The van der Waals surface area contributed by atoms with Gasteiger partial charge in [-0.05, 0) is 38.4 Å². The normalized spacial score (nSPS) is 16.4. The number of likely N-dealkylation sites (N-methyl/N-ethyl adjacent to an activating group) is 1. The van der Waals surface area contributed by atoms with Gasteiger partial charge < -0.3 is 20.3 Å². The van der Waals surface area contributed by atoms with Gasteiger partial charge in [-0.15, -0.1) is 24.0 Å². The molecule has 29 heavy (non-hydrogen) atoms. The molecule has 0 spiro atoms. The number of hydrogen-bond donors (Lipinski definition) is 2. The highest BCUT2D eigenvalue weighted by molar-refractivity contribution is 14.0. The first-order chi connectivity index (χ1) is 13.5. The molecule has 2 N–H and O–H groups in total. The summed E-state index contributed by atoms with van der Waals surface area (Å²) in [5.41, 5.74) is 2.45. The summed E-state index contributed by atoms with van der Waals surface area (Å²) in [5.74, 6) is 0.832. The summed E-state index contributed by atoms with van der Waals surface area (Å²) in [6.07, 6.45) is 0. The molecule has 0 aliphatic carbocycles. The molecule has 1 heterocycles. The fourth-order valence-corrected chi connectivity index (χ4v) is 3.25. The lowest BCUT2D eigenvalue weighted by Crippen LogP contribution is -2.45. The third-order valence-electron chi connectivity index (χ3n) is 5.41. The summed E-state index contributed by atoms with van der Waals surface area (Å²) in [7, 11) is 1.74. The number of nitrogens with zero attached hydrogens (tertiary/aromatic N) is 3. The zero-order valence-electron chi connectivity index (χ0n) is 18.8. The topological polar surface area (TPSA) is 52.1 Å². The van der Waals surface area contributed by atoms with Crippen molar-refractivity contribution in [2.75, 3.05) is 52.9 Å². The Morgan fingerprint density at radius 2 is 1.66 bits per heavy atom. The number of methoxy groups -OCH3 is 1. The van der Waals surface area contributed by atoms with Gasteiger partial charge in [0.2, 0.25) is 0 Å². The van der Waals surface area contributed by atoms with Gasteiger partial charge in [-0.2, -0.15) is 0 Å². The maximum Gasteiger partial charge on any atom is 0.191 e. The number of rotatable bonds is 9. The van der Waals surface area contributed by atoms with Gasteiger partial charge in [0, 0.05) is 52.9 Å². The lowest BCUT2D eigenvalue weighted by molar-refractivity contribution is 0.0268. The second-order valence-corrected chi connectivity index (χ2v) is 7.99. The molecule has 0 atom stereocenters. The van der Waals surface area contributed by atoms with Crippen LogP contribution in [0.15, 0.2) is 29.3 Å². The maximum atomic E-state index is 5.49. The van der Waals surface area contributed by atoms with E-state index in [-0.39, 0.29) is 29.6 Å². The predicted molar refractivity (Wildman–Crippen MR) is 133 cm³/mol. The minimum absolute atomic E-state index is 0. The minimum Gasteiger partial charge on any atom is -0.377 e. The van der Waals surface area contributed by atoms with E-state index in [1.807, 2.05) is 0 Å². The number of ether oxygens (including phenoxy) is 1. The SMILES string of the molecule is CCNC(=NCc1ccccc1CN1CCN(CC)CC1)NCC(C)(C)OC.I. The molecule has 1 aliphatic heterocycles. The molecule has 0 unspecified atom stereocenters. The van der Waals surface area contributed by atoms with E-state index in [9.17, 15) is 0 Å². The van der Waals surface area contributed by atoms with Gasteiger partial charge in [0.05, 0.1) is 12.1 Å². The van der Waals surface area contributed by atoms with Crippen molar-refractivity contribution in [3.8, 4) is 0 Å². The fraction of sp³-hybridized carbons (Fsp3) is 0.682. The first kappa shape index (κ1) is 26.1. The van der Waals surface area contributed by atoms with E-state index in [1.165, 1.54) is 24.2 Å². The standard InChI is InChI=1S/C22H39N5O.HI/c1-6-23-21(25-18-22(3,4)28-5)24-16-19-10-8-9-11-20(19)17-27-14-12-26(7-2)13-15-27;/h8-11H,6-7,12-18H2,1-5H3,(H2,23,24,25);1H. The lowest BCUT2D eigenvalue weighted by Gasteiger charge is -2.34. The minimum atomic E-state index is -0.227. The Labute approximate surface area is 194 Å². The average molecular weight is 518 g/mol. The molecule has 0 saturated carbocycles. The Balaban J connectivity index is 0.00000420. The molecule has 1 fully saturated rings. The smallest absolute Gasteiger partial charge is 0.191 e. The van der Waals surface area contributed by atoms with E-state index in [4.69, 9.17) is 9.73 Å². The first-order valence-electron chi connectivity index (χ1n) is 10.6. The number of hydrogen-bond acceptors (Lipinski definition) is 4. The Hall–Kier alpha value is -0.900. The second kappa shape index (κ2) is 13.4. The first-order valence-corrected chi connectivity index (χ1v) is 10.6. The highest BCUT2D eigenvalue weighted by atomic mass is 127. The van der Waals surface area contributed by atoms with E-state index < -0.39 is 0 Å². The van der Waals surface area contributed by atoms with Crippen molar-refractivity contribution in [2.45, 2.75) is 46.4 Å². The Morgan fingerprint density at radius 1 is 1.03 bits per heavy atom. The van der Waals surface area contributed by atoms with Gasteiger partial charge in [0.15, 0.2) is 5.96 Å². The summed E-state index contributed by atoms with van der Waals surface area (Å²) in [6.45, 7) is 17.5. The van der Waals surface area contributed by atoms with Crippen LogP contribution < -0.4 is 10.6 Å². The molecule has 7 heteroatoms. The Bertz CT molecular complexity index is 615. The third-order valence-corrected chi connectivity index (χ3v) is 5.41. The molecule has 0 bridgehead atoms. The van der Waals surface area contributed by atoms with E-state index in [0.29, 0.717) is 13.1 Å². The molecule has 6 nitrogen and oxygen atoms in total. The van der Waals surface area contributed by atoms with Gasteiger partial charge in [0.25, 0.3) is 0 Å². The van der Waals surface area contributed by atoms with Crippen LogP contribution in [0.1, 0.15) is 38.8 Å². The van der Waals surface area contributed by atoms with E-state index in [1.54, 1.807) is 7.11 Å². The molecule has 1 aromatic rings. The Kier molecular flexibility index (Phi) is 12.1. The lowest BCUT2D eigenvalue weighted by atomic mass is 10.1. The number of nitrogens with one attached hydrogen (secondary N) is 2. The summed E-state index contributed by atoms with van der Waals surface area (Å²) >= 11 is 0. The van der Waals surface area contributed by atoms with Crippen LogP contribution in [0.3, 0.4) is 0 Å². The van der Waals surface area contributed by atoms with Crippen LogP contribution in [-0.2, 0) is 17.8 Å². The quantitative estimate of drug-likeness (QED) is 0.300. The van der Waals surface area contributed by atoms with Crippen LogP contribution in [0, 0.1) is 0 Å². The number of benzene rings is 1. The highest BCUT2D eigenvalue weighted by Crippen LogP contribution is 2.15. The van der Waals surface area contributed by atoms with Gasteiger partial charge in [-0.3, -0.25) is 4.90 Å². The van der Waals surface area contributed by atoms with Crippen molar-refractivity contribution in [3.63, 3.8) is 0 Å². The molecule has 0 amide bonds. The number of piperazine rings is 1. The highest BCUT2D eigenvalue weighted by Gasteiger charge is 2.18. The monoisotopic (exact) mass is 517 g/mol. The molecule has 0 radical (unpaired) electrons. The van der Waals surface area contributed by atoms with Crippen molar-refractivity contribution in [1.29, 1.82) is 0 Å². The van der Waals surface area contributed by atoms with Gasteiger partial charge in [-0.1, -0.05) is 31.2 Å². The average Bonchev–Trinajstić information content (AvgIpc) is 2.71. The largest absolute Gasteiger partial charge is 0.377 e. The van der Waals surface area contributed by atoms with Crippen LogP contribution >= 0.6 is 24.0 Å². The third kappa shape index (κ3) is 9.19. The number of guanidine groups is 1. The van der Waals surface area contributed by atoms with Crippen LogP contribution in [0.5, 0.6) is 0 Å². The van der Waals surface area contributed by atoms with Crippen molar-refractivity contribution >= 4 is 29.9 Å². The molecular weight excluding hydrogens is 477 g/mol. The van der Waals surface area contributed by atoms with Crippen molar-refractivity contribution in [2.24, 2.45) is 4.99 Å². The van der Waals surface area contributed by atoms with Crippen LogP contribution in [0.25, 0.3) is 0 Å². The molecule has 166 valence electrons. The molecular formula is C22H40IN5O. The molecule has 1 aliphatic rings. The van der Waals surface area contributed by atoms with E-state index in [2.05, 4.69) is 72.4 Å². The van der Waals surface area contributed by atoms with Crippen molar-refractivity contribution < 1.29 is 4.74 Å². The summed E-state index contributed by atoms with van der Waals surface area (Å²) in [6, 6.07) is 8.68. The fourth-order valence-electron chi connectivity index (χ4n) is 3.25. The predicted octanol–water partition coefficient (Wildman–Crippen LogP) is 2.92. The van der Waals surface area contributed by atoms with E-state index >= 15 is 0 Å². The zero-order chi connectivity index (χ0) is 20.4. The Morgan fingerprint density at radius 3 is 2.24 bits per heavy atom. The maximum absolute atomic E-state index is 5.49. The van der Waals surface area contributed by atoms with Crippen LogP contribution in [0.2, 0.25) is 0 Å². The summed E-state index contributed by atoms with van der Waals surface area (Å²) < 4.78 is 5.49. The molecule has 2 rings (SSSR count). The second-order valence-electron chi connectivity index (χ2n) is 7.99. The van der Waals surface area contributed by atoms with Gasteiger partial charge in [-0.25, -0.2) is 4.99 Å². The molecule has 1 saturated heterocycles. The summed E-state index contributed by atoms with van der Waals surface area (Å²) in [4.78, 5) is 9.88. The molecule has 0 aromatic heterocycles. The van der Waals surface area contributed by atoms with Crippen molar-refractivity contribution in [1.82, 2.24) is 20.4 Å². The zero-order valence-corrected chi connectivity index (χ0v) is 21.2.